The number of nitrogens with one attached hydrogen (secondary N) is 1. The van der Waals surface area contributed by atoms with Crippen LogP contribution >= 0.6 is 0 Å². The Hall–Kier alpha value is -2.36. The molecule has 1 heterocycles. The highest BCUT2D eigenvalue weighted by molar-refractivity contribution is 5.84. The second-order valence-electron chi connectivity index (χ2n) is 6.23. The van der Waals surface area contributed by atoms with Crippen LogP contribution in [0, 0.1) is 5.92 Å². The van der Waals surface area contributed by atoms with E-state index in [1.165, 1.54) is 0 Å². The highest BCUT2D eigenvalue weighted by Gasteiger charge is 2.23. The highest BCUT2D eigenvalue weighted by Crippen LogP contribution is 2.25. The largest absolute Gasteiger partial charge is 0.362 e. The lowest BCUT2D eigenvalue weighted by atomic mass is 9.87. The zero-order chi connectivity index (χ0) is 16.8. The van der Waals surface area contributed by atoms with Crippen molar-refractivity contribution in [2.75, 3.05) is 19.0 Å². The summed E-state index contributed by atoms with van der Waals surface area (Å²) < 4.78 is 0. The van der Waals surface area contributed by atoms with Crippen molar-refractivity contribution in [3.05, 3.63) is 59.8 Å². The van der Waals surface area contributed by atoms with E-state index < -0.39 is 0 Å². The summed E-state index contributed by atoms with van der Waals surface area (Å²) in [6.45, 7) is 4.63. The lowest BCUT2D eigenvalue weighted by Gasteiger charge is -2.22. The number of carbonyl (C=O) groups excluding carboxylic acids is 1. The predicted octanol–water partition coefficient (Wildman–Crippen LogP) is 3.20. The second-order valence-corrected chi connectivity index (χ2v) is 6.23. The Morgan fingerprint density at radius 1 is 1.13 bits per heavy atom. The first kappa shape index (κ1) is 17.0. The molecule has 23 heavy (non-hydrogen) atoms. The molecule has 0 bridgehead atoms. The van der Waals surface area contributed by atoms with Crippen molar-refractivity contribution < 1.29 is 4.79 Å². The third-order valence-corrected chi connectivity index (χ3v) is 3.85. The minimum Gasteiger partial charge on any atom is -0.362 e. The van der Waals surface area contributed by atoms with Crippen LogP contribution in [0.25, 0.3) is 0 Å². The van der Waals surface area contributed by atoms with Gasteiger partial charge in [0.25, 0.3) is 0 Å². The molecule has 1 aromatic carbocycles. The molecule has 1 amide bonds. The Morgan fingerprint density at radius 2 is 1.83 bits per heavy atom. The SMILES string of the molecule is CC(C)C(C(=O)NCc1cccnc1N(C)C)c1ccccc1. The molecule has 1 atom stereocenters. The summed E-state index contributed by atoms with van der Waals surface area (Å²) in [5, 5.41) is 3.07. The number of nitrogens with zero attached hydrogens (tertiary/aromatic N) is 2. The monoisotopic (exact) mass is 311 g/mol. The molecule has 1 N–H and O–H groups in total. The molecule has 2 aromatic rings. The Morgan fingerprint density at radius 3 is 2.43 bits per heavy atom. The third-order valence-electron chi connectivity index (χ3n) is 3.85. The quantitative estimate of drug-likeness (QED) is 0.891. The van der Waals surface area contributed by atoms with E-state index in [2.05, 4.69) is 24.1 Å². The smallest absolute Gasteiger partial charge is 0.228 e. The van der Waals surface area contributed by atoms with E-state index in [4.69, 9.17) is 0 Å². The Bertz CT molecular complexity index is 638. The average Bonchev–Trinajstić information content (AvgIpc) is 2.54. The van der Waals surface area contributed by atoms with Crippen molar-refractivity contribution >= 4 is 11.7 Å². The summed E-state index contributed by atoms with van der Waals surface area (Å²) >= 11 is 0. The fraction of sp³-hybridized carbons (Fsp3) is 0.368. The summed E-state index contributed by atoms with van der Waals surface area (Å²) in [6.07, 6.45) is 1.77. The van der Waals surface area contributed by atoms with Gasteiger partial charge in [0.05, 0.1) is 5.92 Å². The zero-order valence-electron chi connectivity index (χ0n) is 14.3. The van der Waals surface area contributed by atoms with Gasteiger partial charge in [-0.25, -0.2) is 4.98 Å². The van der Waals surface area contributed by atoms with Gasteiger partial charge in [-0.05, 0) is 17.5 Å². The minimum absolute atomic E-state index is 0.0553. The maximum absolute atomic E-state index is 12.7. The lowest BCUT2D eigenvalue weighted by Crippen LogP contribution is -2.32. The molecule has 122 valence electrons. The van der Waals surface area contributed by atoms with Gasteiger partial charge in [-0.15, -0.1) is 0 Å². The van der Waals surface area contributed by atoms with Crippen LogP contribution in [-0.2, 0) is 11.3 Å². The highest BCUT2D eigenvalue weighted by atomic mass is 16.1. The summed E-state index contributed by atoms with van der Waals surface area (Å²) in [7, 11) is 3.91. The van der Waals surface area contributed by atoms with Crippen molar-refractivity contribution in [1.82, 2.24) is 10.3 Å². The molecule has 1 aromatic heterocycles. The van der Waals surface area contributed by atoms with Gasteiger partial charge in [0.15, 0.2) is 0 Å². The van der Waals surface area contributed by atoms with Crippen LogP contribution in [0.4, 0.5) is 5.82 Å². The molecule has 0 saturated carbocycles. The van der Waals surface area contributed by atoms with E-state index in [0.717, 1.165) is 16.9 Å². The molecule has 0 aliphatic rings. The second kappa shape index (κ2) is 7.77. The van der Waals surface area contributed by atoms with Crippen LogP contribution in [-0.4, -0.2) is 25.0 Å². The van der Waals surface area contributed by atoms with E-state index >= 15 is 0 Å². The van der Waals surface area contributed by atoms with Crippen LogP contribution in [0.15, 0.2) is 48.7 Å². The molecular formula is C19H25N3O. The number of anilines is 1. The molecule has 4 heteroatoms. The third kappa shape index (κ3) is 4.31. The molecule has 0 spiro atoms. The fourth-order valence-corrected chi connectivity index (χ4v) is 2.76. The first-order valence-electron chi connectivity index (χ1n) is 7.94. The molecule has 0 aliphatic heterocycles. The van der Waals surface area contributed by atoms with E-state index in [1.54, 1.807) is 6.20 Å². The van der Waals surface area contributed by atoms with Crippen molar-refractivity contribution in [2.45, 2.75) is 26.3 Å². The number of carbonyl (C=O) groups is 1. The molecule has 4 nitrogen and oxygen atoms in total. The Labute approximate surface area is 138 Å². The van der Waals surface area contributed by atoms with E-state index in [-0.39, 0.29) is 17.7 Å². The molecule has 0 saturated heterocycles. The average molecular weight is 311 g/mol. The van der Waals surface area contributed by atoms with E-state index in [1.807, 2.05) is 61.5 Å². The van der Waals surface area contributed by atoms with Crippen molar-refractivity contribution in [1.29, 1.82) is 0 Å². The van der Waals surface area contributed by atoms with Crippen molar-refractivity contribution in [2.24, 2.45) is 5.92 Å². The first-order valence-corrected chi connectivity index (χ1v) is 7.94. The number of hydrogen-bond acceptors (Lipinski definition) is 3. The Kier molecular flexibility index (Phi) is 5.74. The number of pyridine rings is 1. The Balaban J connectivity index is 2.12. The topological polar surface area (TPSA) is 45.2 Å². The van der Waals surface area contributed by atoms with Gasteiger partial charge in [-0.1, -0.05) is 50.2 Å². The summed E-state index contributed by atoms with van der Waals surface area (Å²) in [4.78, 5) is 19.0. The number of rotatable bonds is 6. The van der Waals surface area contributed by atoms with E-state index in [0.29, 0.717) is 6.54 Å². The summed E-state index contributed by atoms with van der Waals surface area (Å²) in [5.74, 6) is 1.03. The van der Waals surface area contributed by atoms with Gasteiger partial charge in [0, 0.05) is 32.4 Å². The van der Waals surface area contributed by atoms with Gasteiger partial charge >= 0.3 is 0 Å². The molecular weight excluding hydrogens is 286 g/mol. The van der Waals surface area contributed by atoms with Crippen LogP contribution in [0.5, 0.6) is 0 Å². The lowest BCUT2D eigenvalue weighted by molar-refractivity contribution is -0.123. The molecule has 1 unspecified atom stereocenters. The van der Waals surface area contributed by atoms with Gasteiger partial charge in [0.2, 0.25) is 5.91 Å². The number of aromatic nitrogens is 1. The maximum Gasteiger partial charge on any atom is 0.228 e. The fourth-order valence-electron chi connectivity index (χ4n) is 2.76. The van der Waals surface area contributed by atoms with Gasteiger partial charge in [-0.3, -0.25) is 4.79 Å². The van der Waals surface area contributed by atoms with Gasteiger partial charge < -0.3 is 10.2 Å². The standard InChI is InChI=1S/C19H25N3O/c1-14(2)17(15-9-6-5-7-10-15)19(23)21-13-16-11-8-12-20-18(16)22(3)4/h5-12,14,17H,13H2,1-4H3,(H,21,23). The van der Waals surface area contributed by atoms with Crippen LogP contribution in [0.1, 0.15) is 30.9 Å². The predicted molar refractivity (Wildman–Crippen MR) is 94.4 cm³/mol. The molecule has 0 fully saturated rings. The maximum atomic E-state index is 12.7. The number of amides is 1. The van der Waals surface area contributed by atoms with E-state index in [9.17, 15) is 4.79 Å². The van der Waals surface area contributed by atoms with Crippen LogP contribution in [0.2, 0.25) is 0 Å². The van der Waals surface area contributed by atoms with Crippen molar-refractivity contribution in [3.8, 4) is 0 Å². The first-order chi connectivity index (χ1) is 11.0. The van der Waals surface area contributed by atoms with Crippen molar-refractivity contribution in [3.63, 3.8) is 0 Å². The van der Waals surface area contributed by atoms with Gasteiger partial charge in [0.1, 0.15) is 5.82 Å². The summed E-state index contributed by atoms with van der Waals surface area (Å²) in [6, 6.07) is 13.8. The van der Waals surface area contributed by atoms with Crippen LogP contribution < -0.4 is 10.2 Å². The number of benzene rings is 1. The zero-order valence-corrected chi connectivity index (χ0v) is 14.3. The normalized spacial score (nSPS) is 12.0. The molecule has 2 rings (SSSR count). The van der Waals surface area contributed by atoms with Gasteiger partial charge in [-0.2, -0.15) is 0 Å². The minimum atomic E-state index is -0.143. The molecule has 0 aliphatic carbocycles. The number of hydrogen-bond donors (Lipinski definition) is 1. The summed E-state index contributed by atoms with van der Waals surface area (Å²) in [5.41, 5.74) is 2.07. The molecule has 0 radical (unpaired) electrons. The van der Waals surface area contributed by atoms with Crippen LogP contribution in [0.3, 0.4) is 0 Å².